The van der Waals surface area contributed by atoms with Crippen LogP contribution in [-0.2, 0) is 9.53 Å². The van der Waals surface area contributed by atoms with Gasteiger partial charge >= 0.3 is 0 Å². The predicted octanol–water partition coefficient (Wildman–Crippen LogP) is 0.479. The van der Waals surface area contributed by atoms with Gasteiger partial charge in [-0.25, -0.2) is 0 Å². The van der Waals surface area contributed by atoms with Crippen molar-refractivity contribution < 1.29 is 9.53 Å². The van der Waals surface area contributed by atoms with Crippen LogP contribution in [0, 0.1) is 0 Å². The molecule has 0 saturated carbocycles. The van der Waals surface area contributed by atoms with Crippen LogP contribution in [-0.4, -0.2) is 22.6 Å². The second-order valence-electron chi connectivity index (χ2n) is 3.24. The van der Waals surface area contributed by atoms with Crippen LogP contribution in [0.4, 0.5) is 5.82 Å². The molecule has 2 rings (SSSR count). The molecule has 1 aromatic rings. The van der Waals surface area contributed by atoms with Crippen LogP contribution in [0.5, 0.6) is 0 Å². The fourth-order valence-corrected chi connectivity index (χ4v) is 1.40. The maximum Gasteiger partial charge on any atom is 0.146 e. The van der Waals surface area contributed by atoms with Crippen molar-refractivity contribution in [1.29, 1.82) is 0 Å². The normalized spacial score (nSPS) is 22.3. The Morgan fingerprint density at radius 1 is 1.43 bits per heavy atom. The summed E-state index contributed by atoms with van der Waals surface area (Å²) in [6.07, 6.45) is 0.640. The Morgan fingerprint density at radius 2 is 2.29 bits per heavy atom. The van der Waals surface area contributed by atoms with E-state index in [0.717, 1.165) is 0 Å². The molecule has 5 heteroatoms. The minimum atomic E-state index is -0.246. The van der Waals surface area contributed by atoms with Gasteiger partial charge < -0.3 is 10.5 Å². The third-order valence-corrected chi connectivity index (χ3v) is 2.15. The van der Waals surface area contributed by atoms with Crippen LogP contribution < -0.4 is 5.73 Å². The van der Waals surface area contributed by atoms with E-state index in [1.807, 2.05) is 0 Å². The molecule has 74 valence electrons. The highest BCUT2D eigenvalue weighted by Gasteiger charge is 2.22. The number of carbonyl (C=O) groups is 1. The number of Topliss-reactive ketones (excluding diaryl/α,β-unsaturated/α-hetero) is 1. The molecule has 1 unspecified atom stereocenters. The summed E-state index contributed by atoms with van der Waals surface area (Å²) in [5.74, 6) is 0.579. The number of carbonyl (C=O) groups excluding carboxylic acids is 1. The molecular weight excluding hydrogens is 182 g/mol. The molecule has 1 fully saturated rings. The van der Waals surface area contributed by atoms with Crippen molar-refractivity contribution in [3.8, 4) is 0 Å². The molecule has 14 heavy (non-hydrogen) atoms. The zero-order valence-electron chi connectivity index (χ0n) is 7.64. The van der Waals surface area contributed by atoms with Crippen molar-refractivity contribution in [3.63, 3.8) is 0 Å². The Kier molecular flexibility index (Phi) is 2.41. The molecule has 2 heterocycles. The van der Waals surface area contributed by atoms with Gasteiger partial charge in [-0.1, -0.05) is 0 Å². The number of nitrogens with two attached hydrogens (primary N) is 1. The minimum absolute atomic E-state index is 0.208. The first-order valence-electron chi connectivity index (χ1n) is 4.48. The number of hydrogen-bond donors (Lipinski definition) is 1. The first-order valence-corrected chi connectivity index (χ1v) is 4.48. The van der Waals surface area contributed by atoms with Crippen molar-refractivity contribution in [2.45, 2.75) is 18.9 Å². The summed E-state index contributed by atoms with van der Waals surface area (Å²) < 4.78 is 5.41. The summed E-state index contributed by atoms with van der Waals surface area (Å²) >= 11 is 0. The molecule has 0 aromatic carbocycles. The van der Waals surface area contributed by atoms with E-state index in [4.69, 9.17) is 10.5 Å². The zero-order valence-corrected chi connectivity index (χ0v) is 7.64. The monoisotopic (exact) mass is 193 g/mol. The van der Waals surface area contributed by atoms with Gasteiger partial charge in [0.2, 0.25) is 0 Å². The number of nitrogen functional groups attached to an aromatic ring is 1. The van der Waals surface area contributed by atoms with Gasteiger partial charge in [0.05, 0.1) is 12.3 Å². The van der Waals surface area contributed by atoms with Crippen molar-refractivity contribution in [2.24, 2.45) is 0 Å². The molecular formula is C9H11N3O2. The molecule has 0 amide bonds. The van der Waals surface area contributed by atoms with E-state index in [-0.39, 0.29) is 11.9 Å². The largest absolute Gasteiger partial charge is 0.382 e. The fraction of sp³-hybridized carbons (Fsp3) is 0.444. The number of aromatic nitrogens is 2. The van der Waals surface area contributed by atoms with E-state index < -0.39 is 0 Å². The van der Waals surface area contributed by atoms with Gasteiger partial charge in [0.25, 0.3) is 0 Å². The molecule has 1 aliphatic rings. The summed E-state index contributed by atoms with van der Waals surface area (Å²) in [5.41, 5.74) is 6.08. The van der Waals surface area contributed by atoms with Crippen LogP contribution in [0.15, 0.2) is 12.1 Å². The summed E-state index contributed by atoms with van der Waals surface area (Å²) in [4.78, 5) is 11.2. The third kappa shape index (κ3) is 1.88. The van der Waals surface area contributed by atoms with E-state index in [9.17, 15) is 4.79 Å². The van der Waals surface area contributed by atoms with E-state index in [2.05, 4.69) is 10.2 Å². The molecule has 0 aliphatic carbocycles. The molecule has 0 radical (unpaired) electrons. The molecule has 1 saturated heterocycles. The molecule has 1 atom stereocenters. The van der Waals surface area contributed by atoms with Crippen LogP contribution in [0.25, 0.3) is 0 Å². The lowest BCUT2D eigenvalue weighted by Crippen LogP contribution is -2.20. The third-order valence-electron chi connectivity index (χ3n) is 2.15. The Labute approximate surface area is 81.3 Å². The zero-order chi connectivity index (χ0) is 9.97. The van der Waals surface area contributed by atoms with E-state index in [1.54, 1.807) is 12.1 Å². The maximum atomic E-state index is 11.2. The molecule has 1 aromatic heterocycles. The average Bonchev–Trinajstić information content (AvgIpc) is 2.19. The highest BCUT2D eigenvalue weighted by Crippen LogP contribution is 2.23. The van der Waals surface area contributed by atoms with Crippen LogP contribution >= 0.6 is 0 Å². The molecule has 1 aliphatic heterocycles. The van der Waals surface area contributed by atoms with Crippen LogP contribution in [0.1, 0.15) is 24.6 Å². The van der Waals surface area contributed by atoms with E-state index in [0.29, 0.717) is 31.0 Å². The highest BCUT2D eigenvalue weighted by atomic mass is 16.5. The maximum absolute atomic E-state index is 11.2. The van der Waals surface area contributed by atoms with Crippen LogP contribution in [0.3, 0.4) is 0 Å². The minimum Gasteiger partial charge on any atom is -0.382 e. The summed E-state index contributed by atoms with van der Waals surface area (Å²) in [6.45, 7) is 0.468. The first-order chi connectivity index (χ1) is 6.75. The number of hydrogen-bond acceptors (Lipinski definition) is 5. The Bertz CT molecular complexity index is 336. The summed E-state index contributed by atoms with van der Waals surface area (Å²) in [6, 6.07) is 3.40. The van der Waals surface area contributed by atoms with Gasteiger partial charge in [0.15, 0.2) is 0 Å². The van der Waals surface area contributed by atoms with Gasteiger partial charge in [-0.15, -0.1) is 5.10 Å². The standard InChI is InChI=1S/C9H11N3O2/c10-9-2-1-7(11-12-9)8-5-6(13)3-4-14-8/h1-2,8H,3-5H2,(H2,10,12). The quantitative estimate of drug-likeness (QED) is 0.701. The highest BCUT2D eigenvalue weighted by molar-refractivity contribution is 5.79. The number of nitrogens with zero attached hydrogens (tertiary/aromatic N) is 2. The van der Waals surface area contributed by atoms with Crippen molar-refractivity contribution >= 4 is 11.6 Å². The van der Waals surface area contributed by atoms with Crippen molar-refractivity contribution in [2.75, 3.05) is 12.3 Å². The van der Waals surface area contributed by atoms with Gasteiger partial charge in [0.1, 0.15) is 17.7 Å². The van der Waals surface area contributed by atoms with Gasteiger partial charge in [0, 0.05) is 12.8 Å². The number of ether oxygens (including phenoxy) is 1. The van der Waals surface area contributed by atoms with Crippen molar-refractivity contribution in [3.05, 3.63) is 17.8 Å². The van der Waals surface area contributed by atoms with Gasteiger partial charge in [-0.2, -0.15) is 5.10 Å². The molecule has 0 bridgehead atoms. The Hall–Kier alpha value is -1.49. The molecule has 0 spiro atoms. The number of ketones is 1. The SMILES string of the molecule is Nc1ccc(C2CC(=O)CCO2)nn1. The fourth-order valence-electron chi connectivity index (χ4n) is 1.40. The summed E-state index contributed by atoms with van der Waals surface area (Å²) in [7, 11) is 0. The lowest BCUT2D eigenvalue weighted by molar-refractivity contribution is -0.128. The topological polar surface area (TPSA) is 78.1 Å². The second-order valence-corrected chi connectivity index (χ2v) is 3.24. The van der Waals surface area contributed by atoms with Gasteiger partial charge in [-0.05, 0) is 12.1 Å². The van der Waals surface area contributed by atoms with E-state index in [1.165, 1.54) is 0 Å². The van der Waals surface area contributed by atoms with Crippen LogP contribution in [0.2, 0.25) is 0 Å². The smallest absolute Gasteiger partial charge is 0.146 e. The Morgan fingerprint density at radius 3 is 2.93 bits per heavy atom. The van der Waals surface area contributed by atoms with Crippen molar-refractivity contribution in [1.82, 2.24) is 10.2 Å². The average molecular weight is 193 g/mol. The first kappa shape index (κ1) is 9.08. The molecule has 2 N–H and O–H groups in total. The van der Waals surface area contributed by atoms with Gasteiger partial charge in [-0.3, -0.25) is 4.79 Å². The lowest BCUT2D eigenvalue weighted by atomic mass is 10.1. The number of anilines is 1. The Balaban J connectivity index is 2.14. The lowest BCUT2D eigenvalue weighted by Gasteiger charge is -2.20. The summed E-state index contributed by atoms with van der Waals surface area (Å²) in [5, 5.41) is 7.60. The second kappa shape index (κ2) is 3.71. The molecule has 5 nitrogen and oxygen atoms in total. The predicted molar refractivity (Wildman–Crippen MR) is 49.4 cm³/mol. The number of rotatable bonds is 1. The van der Waals surface area contributed by atoms with E-state index >= 15 is 0 Å².